The zero-order chi connectivity index (χ0) is 25.2. The van der Waals surface area contributed by atoms with E-state index in [-0.39, 0.29) is 19.1 Å². The van der Waals surface area contributed by atoms with Crippen molar-refractivity contribution in [3.05, 3.63) is 82.9 Å². The first-order valence-electron chi connectivity index (χ1n) is 10.4. The number of amides is 1. The van der Waals surface area contributed by atoms with Crippen molar-refractivity contribution >= 4 is 17.6 Å². The van der Waals surface area contributed by atoms with Gasteiger partial charge in [0, 0.05) is 28.4 Å². The molecule has 3 aromatic rings. The fourth-order valence-corrected chi connectivity index (χ4v) is 3.71. The van der Waals surface area contributed by atoms with Crippen LogP contribution < -0.4 is 19.1 Å². The summed E-state index contributed by atoms with van der Waals surface area (Å²) in [6, 6.07) is 14.3. The van der Waals surface area contributed by atoms with Crippen LogP contribution >= 0.6 is 0 Å². The maximum Gasteiger partial charge on any atom is 0.416 e. The number of fused-ring (bicyclic) bond motifs is 1. The number of anilines is 1. The third kappa shape index (κ3) is 5.16. The summed E-state index contributed by atoms with van der Waals surface area (Å²) in [5, 5.41) is 8.75. The molecule has 7 nitrogen and oxygen atoms in total. The Morgan fingerprint density at radius 2 is 1.77 bits per heavy atom. The molecule has 0 radical (unpaired) electrons. The van der Waals surface area contributed by atoms with Crippen LogP contribution in [0.15, 0.2) is 60.7 Å². The van der Waals surface area contributed by atoms with Crippen LogP contribution in [0, 0.1) is 0 Å². The van der Waals surface area contributed by atoms with Crippen LogP contribution in [0.5, 0.6) is 17.2 Å². The van der Waals surface area contributed by atoms with E-state index in [2.05, 4.69) is 0 Å². The summed E-state index contributed by atoms with van der Waals surface area (Å²) >= 11 is 0. The molecule has 0 aliphatic carbocycles. The Morgan fingerprint density at radius 1 is 1.03 bits per heavy atom. The van der Waals surface area contributed by atoms with Crippen LogP contribution in [0.2, 0.25) is 0 Å². The maximum absolute atomic E-state index is 12.9. The monoisotopic (exact) mass is 487 g/mol. The molecule has 0 spiro atoms. The molecule has 0 saturated carbocycles. The molecule has 0 aromatic heterocycles. The lowest BCUT2D eigenvalue weighted by Crippen LogP contribution is -2.23. The first-order valence-corrected chi connectivity index (χ1v) is 10.4. The van der Waals surface area contributed by atoms with Crippen molar-refractivity contribution in [1.29, 1.82) is 0 Å². The van der Waals surface area contributed by atoms with Gasteiger partial charge >= 0.3 is 12.1 Å². The standard InChI is InChI=1S/C25H20F3NO6/c1-33-22-11-18(34-14-23(30)31)10-5-15(22)13-35-21-4-2-3-19-20(21)12-29(24(19)32)17-8-6-16(7-9-17)25(26,27)28/h2-11H,12-14H2,1H3,(H,30,31). The average molecular weight is 487 g/mol. The van der Waals surface area contributed by atoms with Crippen molar-refractivity contribution in [2.45, 2.75) is 19.3 Å². The number of carbonyl (C=O) groups is 2. The molecule has 182 valence electrons. The van der Waals surface area contributed by atoms with Crippen molar-refractivity contribution < 1.29 is 42.1 Å². The molecular weight excluding hydrogens is 467 g/mol. The van der Waals surface area contributed by atoms with Gasteiger partial charge in [0.2, 0.25) is 0 Å². The Kier molecular flexibility index (Phi) is 6.54. The Balaban J connectivity index is 1.50. The van der Waals surface area contributed by atoms with Crippen molar-refractivity contribution in [2.75, 3.05) is 18.6 Å². The van der Waals surface area contributed by atoms with Gasteiger partial charge in [-0.2, -0.15) is 13.2 Å². The van der Waals surface area contributed by atoms with Crippen LogP contribution in [0.1, 0.15) is 27.0 Å². The molecule has 1 heterocycles. The van der Waals surface area contributed by atoms with E-state index in [9.17, 15) is 22.8 Å². The largest absolute Gasteiger partial charge is 0.496 e. The summed E-state index contributed by atoms with van der Waals surface area (Å²) in [7, 11) is 1.46. The molecule has 10 heteroatoms. The number of benzene rings is 3. The van der Waals surface area contributed by atoms with E-state index in [1.165, 1.54) is 24.1 Å². The van der Waals surface area contributed by atoms with Crippen molar-refractivity contribution in [3.63, 3.8) is 0 Å². The number of alkyl halides is 3. The van der Waals surface area contributed by atoms with Crippen molar-refractivity contribution in [3.8, 4) is 17.2 Å². The van der Waals surface area contributed by atoms with Crippen LogP contribution in [-0.4, -0.2) is 30.7 Å². The van der Waals surface area contributed by atoms with Crippen LogP contribution in [0.3, 0.4) is 0 Å². The molecule has 0 atom stereocenters. The minimum Gasteiger partial charge on any atom is -0.496 e. The molecule has 1 amide bonds. The minimum atomic E-state index is -4.46. The van der Waals surface area contributed by atoms with E-state index in [1.54, 1.807) is 36.4 Å². The number of hydrogen-bond acceptors (Lipinski definition) is 5. The Morgan fingerprint density at radius 3 is 2.43 bits per heavy atom. The Hall–Kier alpha value is -4.21. The van der Waals surface area contributed by atoms with E-state index in [4.69, 9.17) is 19.3 Å². The lowest BCUT2D eigenvalue weighted by molar-refractivity contribution is -0.139. The van der Waals surface area contributed by atoms with Crippen LogP contribution in [0.4, 0.5) is 18.9 Å². The number of carbonyl (C=O) groups excluding carboxylic acids is 1. The average Bonchev–Trinajstić information content (AvgIpc) is 3.18. The highest BCUT2D eigenvalue weighted by Gasteiger charge is 2.33. The highest BCUT2D eigenvalue weighted by molar-refractivity contribution is 6.10. The third-order valence-corrected chi connectivity index (χ3v) is 5.44. The van der Waals surface area contributed by atoms with Gasteiger partial charge in [0.1, 0.15) is 23.9 Å². The third-order valence-electron chi connectivity index (χ3n) is 5.44. The number of rotatable bonds is 8. The van der Waals surface area contributed by atoms with E-state index in [0.29, 0.717) is 39.6 Å². The van der Waals surface area contributed by atoms with Crippen LogP contribution in [-0.2, 0) is 24.1 Å². The zero-order valence-electron chi connectivity index (χ0n) is 18.5. The number of hydrogen-bond donors (Lipinski definition) is 1. The van der Waals surface area contributed by atoms with Gasteiger partial charge in [0.15, 0.2) is 6.61 Å². The second-order valence-electron chi connectivity index (χ2n) is 7.66. The highest BCUT2D eigenvalue weighted by Crippen LogP contribution is 2.36. The van der Waals surface area contributed by atoms with Gasteiger partial charge in [0.05, 0.1) is 19.2 Å². The second kappa shape index (κ2) is 9.57. The molecule has 0 unspecified atom stereocenters. The second-order valence-corrected chi connectivity index (χ2v) is 7.66. The van der Waals surface area contributed by atoms with E-state index < -0.39 is 24.3 Å². The fraction of sp³-hybridized carbons (Fsp3) is 0.200. The van der Waals surface area contributed by atoms with E-state index >= 15 is 0 Å². The molecular formula is C25H20F3NO6. The number of halogens is 3. The molecule has 1 aliphatic rings. The molecule has 0 bridgehead atoms. The number of methoxy groups -OCH3 is 1. The zero-order valence-corrected chi connectivity index (χ0v) is 18.5. The van der Waals surface area contributed by atoms with Crippen molar-refractivity contribution in [1.82, 2.24) is 0 Å². The summed E-state index contributed by atoms with van der Waals surface area (Å²) in [5.41, 5.74) is 1.26. The van der Waals surface area contributed by atoms with Gasteiger partial charge in [-0.1, -0.05) is 6.07 Å². The van der Waals surface area contributed by atoms with Gasteiger partial charge in [-0.15, -0.1) is 0 Å². The summed E-state index contributed by atoms with van der Waals surface area (Å²) in [4.78, 5) is 25.0. The van der Waals surface area contributed by atoms with Crippen molar-refractivity contribution in [2.24, 2.45) is 0 Å². The number of carboxylic acids is 1. The SMILES string of the molecule is COc1cc(OCC(=O)O)ccc1COc1cccc2c1CN(c1ccc(C(F)(F)F)cc1)C2=O. The molecule has 0 fully saturated rings. The first kappa shape index (κ1) is 23.9. The topological polar surface area (TPSA) is 85.3 Å². The lowest BCUT2D eigenvalue weighted by Gasteiger charge is -2.17. The van der Waals surface area contributed by atoms with Gasteiger partial charge in [-0.05, 0) is 48.5 Å². The quantitative estimate of drug-likeness (QED) is 0.486. The highest BCUT2D eigenvalue weighted by atomic mass is 19.4. The molecule has 35 heavy (non-hydrogen) atoms. The first-order chi connectivity index (χ1) is 16.7. The molecule has 4 rings (SSSR count). The maximum atomic E-state index is 12.9. The number of ether oxygens (including phenoxy) is 3. The predicted molar refractivity (Wildman–Crippen MR) is 119 cm³/mol. The Bertz CT molecular complexity index is 1260. The lowest BCUT2D eigenvalue weighted by atomic mass is 10.1. The summed E-state index contributed by atoms with van der Waals surface area (Å²) in [6.07, 6.45) is -4.46. The van der Waals surface area contributed by atoms with Crippen LogP contribution in [0.25, 0.3) is 0 Å². The van der Waals surface area contributed by atoms with Gasteiger partial charge < -0.3 is 24.2 Å². The Labute approximate surface area is 198 Å². The number of nitrogens with zero attached hydrogens (tertiary/aromatic N) is 1. The molecule has 1 aliphatic heterocycles. The van der Waals surface area contributed by atoms with Gasteiger partial charge in [-0.25, -0.2) is 4.79 Å². The summed E-state index contributed by atoms with van der Waals surface area (Å²) in [5.74, 6) is -0.218. The molecule has 1 N–H and O–H groups in total. The molecule has 0 saturated heterocycles. The summed E-state index contributed by atoms with van der Waals surface area (Å²) < 4.78 is 55.1. The smallest absolute Gasteiger partial charge is 0.416 e. The van der Waals surface area contributed by atoms with E-state index in [1.807, 2.05) is 0 Å². The van der Waals surface area contributed by atoms with E-state index in [0.717, 1.165) is 12.1 Å². The minimum absolute atomic E-state index is 0.0906. The number of carboxylic acid groups (broad SMARTS) is 1. The predicted octanol–water partition coefficient (Wildman–Crippen LogP) is 4.92. The van der Waals surface area contributed by atoms with Gasteiger partial charge in [-0.3, -0.25) is 4.79 Å². The molecule has 3 aromatic carbocycles. The number of aliphatic carboxylic acids is 1. The summed E-state index contributed by atoms with van der Waals surface area (Å²) in [6.45, 7) is -0.249. The van der Waals surface area contributed by atoms with Gasteiger partial charge in [0.25, 0.3) is 5.91 Å². The fourth-order valence-electron chi connectivity index (χ4n) is 3.71. The normalized spacial score (nSPS) is 12.9.